The topological polar surface area (TPSA) is 40.5 Å². The fourth-order valence-electron chi connectivity index (χ4n) is 0.739. The van der Waals surface area contributed by atoms with E-state index >= 15 is 0 Å². The highest BCUT2D eigenvalue weighted by Crippen LogP contribution is 2.15. The van der Waals surface area contributed by atoms with Crippen molar-refractivity contribution in [1.29, 1.82) is 0 Å². The quantitative estimate of drug-likeness (QED) is 0.772. The lowest BCUT2D eigenvalue weighted by Crippen LogP contribution is -2.07. The minimum atomic E-state index is -0.250. The second kappa shape index (κ2) is 6.48. The van der Waals surface area contributed by atoms with Crippen LogP contribution in [0.15, 0.2) is 28.7 Å². The van der Waals surface area contributed by atoms with Crippen molar-refractivity contribution in [2.75, 3.05) is 19.0 Å². The number of benzene rings is 1. The minimum Gasteiger partial charge on any atom is -0.483 e. The van der Waals surface area contributed by atoms with Crippen LogP contribution in [0, 0.1) is 0 Å². The molecule has 13 heavy (non-hydrogen) atoms. The summed E-state index contributed by atoms with van der Waals surface area (Å²) in [5.41, 5.74) is 1.23. The molecule has 0 spiro atoms. The smallest absolute Gasteiger partial charge is 0.290 e. The first-order chi connectivity index (χ1) is 6.11. The number of carboxylic acid groups (broad SMARTS) is 1. The molecule has 1 rings (SSSR count). The first-order valence-electron chi connectivity index (χ1n) is 3.62. The second-order valence-electron chi connectivity index (χ2n) is 2.48. The molecule has 0 bridgehead atoms. The average Bonchev–Trinajstić information content (AvgIpc) is 2.06. The van der Waals surface area contributed by atoms with E-state index in [0.717, 1.165) is 4.47 Å². The molecular formula is C9H12BrNO2. The van der Waals surface area contributed by atoms with E-state index in [1.54, 1.807) is 0 Å². The van der Waals surface area contributed by atoms with E-state index in [-0.39, 0.29) is 6.47 Å². The zero-order valence-electron chi connectivity index (χ0n) is 7.57. The third-order valence-electron chi connectivity index (χ3n) is 1.34. The van der Waals surface area contributed by atoms with Crippen LogP contribution in [-0.2, 0) is 4.79 Å². The van der Waals surface area contributed by atoms with Gasteiger partial charge in [0.2, 0.25) is 0 Å². The molecule has 0 aliphatic carbocycles. The largest absolute Gasteiger partial charge is 0.483 e. The molecule has 0 aliphatic rings. The average molecular weight is 246 g/mol. The lowest BCUT2D eigenvalue weighted by Gasteiger charge is -2.11. The number of anilines is 1. The van der Waals surface area contributed by atoms with Crippen LogP contribution in [0.3, 0.4) is 0 Å². The molecule has 0 saturated carbocycles. The third kappa shape index (κ3) is 5.25. The highest BCUT2D eigenvalue weighted by molar-refractivity contribution is 9.10. The van der Waals surface area contributed by atoms with Gasteiger partial charge >= 0.3 is 0 Å². The molecule has 1 aromatic carbocycles. The SMILES string of the molecule is CN(C)c1ccc(Br)cc1.O=CO. The maximum absolute atomic E-state index is 8.36. The predicted octanol–water partition coefficient (Wildman–Crippen LogP) is 2.22. The highest BCUT2D eigenvalue weighted by Gasteiger charge is 1.91. The molecule has 72 valence electrons. The zero-order chi connectivity index (χ0) is 10.3. The van der Waals surface area contributed by atoms with Crippen molar-refractivity contribution < 1.29 is 9.90 Å². The van der Waals surface area contributed by atoms with Crippen molar-refractivity contribution in [2.45, 2.75) is 0 Å². The number of hydrogen-bond acceptors (Lipinski definition) is 2. The Kier molecular flexibility index (Phi) is 5.97. The Morgan fingerprint density at radius 2 is 1.69 bits per heavy atom. The molecular weight excluding hydrogens is 234 g/mol. The van der Waals surface area contributed by atoms with Crippen LogP contribution in [0.25, 0.3) is 0 Å². The van der Waals surface area contributed by atoms with E-state index in [9.17, 15) is 0 Å². The van der Waals surface area contributed by atoms with Gasteiger partial charge < -0.3 is 10.0 Å². The van der Waals surface area contributed by atoms with Crippen LogP contribution in [0.5, 0.6) is 0 Å². The van der Waals surface area contributed by atoms with E-state index in [0.29, 0.717) is 0 Å². The molecule has 1 N–H and O–H groups in total. The second-order valence-corrected chi connectivity index (χ2v) is 3.39. The van der Waals surface area contributed by atoms with Crippen molar-refractivity contribution in [3.63, 3.8) is 0 Å². The molecule has 0 aromatic heterocycles. The summed E-state index contributed by atoms with van der Waals surface area (Å²) in [6.07, 6.45) is 0. The number of hydrogen-bond donors (Lipinski definition) is 1. The lowest BCUT2D eigenvalue weighted by molar-refractivity contribution is -0.122. The van der Waals surface area contributed by atoms with E-state index in [1.165, 1.54) is 5.69 Å². The Hall–Kier alpha value is -1.03. The third-order valence-corrected chi connectivity index (χ3v) is 1.87. The molecule has 1 aromatic rings. The van der Waals surface area contributed by atoms with Crippen LogP contribution < -0.4 is 4.90 Å². The number of rotatable bonds is 1. The van der Waals surface area contributed by atoms with E-state index in [4.69, 9.17) is 9.90 Å². The highest BCUT2D eigenvalue weighted by atomic mass is 79.9. The van der Waals surface area contributed by atoms with Crippen molar-refractivity contribution in [3.05, 3.63) is 28.7 Å². The summed E-state index contributed by atoms with van der Waals surface area (Å²) >= 11 is 3.38. The predicted molar refractivity (Wildman–Crippen MR) is 57.2 cm³/mol. The maximum Gasteiger partial charge on any atom is 0.290 e. The summed E-state index contributed by atoms with van der Waals surface area (Å²) in [7, 11) is 4.06. The van der Waals surface area contributed by atoms with Gasteiger partial charge in [-0.15, -0.1) is 0 Å². The summed E-state index contributed by atoms with van der Waals surface area (Å²) in [6, 6.07) is 8.22. The number of nitrogens with zero attached hydrogens (tertiary/aromatic N) is 1. The monoisotopic (exact) mass is 245 g/mol. The fraction of sp³-hybridized carbons (Fsp3) is 0.222. The molecule has 4 heteroatoms. The summed E-state index contributed by atoms with van der Waals surface area (Å²) < 4.78 is 1.12. The molecule has 0 heterocycles. The van der Waals surface area contributed by atoms with Crippen molar-refractivity contribution >= 4 is 28.1 Å². The van der Waals surface area contributed by atoms with Crippen LogP contribution in [0.2, 0.25) is 0 Å². The van der Waals surface area contributed by atoms with Crippen molar-refractivity contribution in [3.8, 4) is 0 Å². The Morgan fingerprint density at radius 3 is 2.00 bits per heavy atom. The van der Waals surface area contributed by atoms with Gasteiger partial charge in [-0.2, -0.15) is 0 Å². The molecule has 0 saturated heterocycles. The summed E-state index contributed by atoms with van der Waals surface area (Å²) in [5.74, 6) is 0. The number of halogens is 1. The van der Waals surface area contributed by atoms with Gasteiger partial charge in [-0.25, -0.2) is 0 Å². The van der Waals surface area contributed by atoms with Gasteiger partial charge in [-0.1, -0.05) is 15.9 Å². The van der Waals surface area contributed by atoms with E-state index < -0.39 is 0 Å². The zero-order valence-corrected chi connectivity index (χ0v) is 9.15. The van der Waals surface area contributed by atoms with Gasteiger partial charge in [0.05, 0.1) is 0 Å². The number of carbonyl (C=O) groups is 1. The summed E-state index contributed by atoms with van der Waals surface area (Å²) in [4.78, 5) is 10.4. The Bertz CT molecular complexity index is 246. The van der Waals surface area contributed by atoms with Crippen molar-refractivity contribution in [1.82, 2.24) is 0 Å². The molecule has 0 amide bonds. The lowest BCUT2D eigenvalue weighted by atomic mass is 10.3. The Morgan fingerprint density at radius 1 is 1.31 bits per heavy atom. The molecule has 0 atom stereocenters. The van der Waals surface area contributed by atoms with Gasteiger partial charge in [0.15, 0.2) is 0 Å². The molecule has 0 radical (unpaired) electrons. The molecule has 0 unspecified atom stereocenters. The molecule has 0 fully saturated rings. The molecule has 3 nitrogen and oxygen atoms in total. The van der Waals surface area contributed by atoms with E-state index in [1.807, 2.05) is 26.2 Å². The van der Waals surface area contributed by atoms with Gasteiger partial charge in [0.25, 0.3) is 6.47 Å². The summed E-state index contributed by atoms with van der Waals surface area (Å²) in [6.45, 7) is -0.250. The van der Waals surface area contributed by atoms with Crippen LogP contribution in [0.4, 0.5) is 5.69 Å². The van der Waals surface area contributed by atoms with E-state index in [2.05, 4.69) is 33.0 Å². The standard InChI is InChI=1S/C8H10BrN.CH2O2/c1-10(2)8-5-3-7(9)4-6-8;2-1-3/h3-6H,1-2H3;1H,(H,2,3). The first-order valence-corrected chi connectivity index (χ1v) is 4.42. The fourth-order valence-corrected chi connectivity index (χ4v) is 1.00. The van der Waals surface area contributed by atoms with Gasteiger partial charge in [0, 0.05) is 24.3 Å². The molecule has 0 aliphatic heterocycles. The van der Waals surface area contributed by atoms with Gasteiger partial charge in [-0.05, 0) is 24.3 Å². The Labute approximate surface area is 86.1 Å². The van der Waals surface area contributed by atoms with Gasteiger partial charge in [-0.3, -0.25) is 4.79 Å². The summed E-state index contributed by atoms with van der Waals surface area (Å²) in [5, 5.41) is 6.89. The van der Waals surface area contributed by atoms with Crippen LogP contribution in [0.1, 0.15) is 0 Å². The van der Waals surface area contributed by atoms with Gasteiger partial charge in [0.1, 0.15) is 0 Å². The van der Waals surface area contributed by atoms with Crippen LogP contribution >= 0.6 is 15.9 Å². The van der Waals surface area contributed by atoms with Crippen molar-refractivity contribution in [2.24, 2.45) is 0 Å². The Balaban J connectivity index is 0.000000424. The minimum absolute atomic E-state index is 0.250. The maximum atomic E-state index is 8.36. The van der Waals surface area contributed by atoms with Crippen LogP contribution in [-0.4, -0.2) is 25.7 Å². The normalized spacial score (nSPS) is 8.23. The first kappa shape index (κ1) is 12.0.